The molecule has 0 saturated carbocycles. The monoisotopic (exact) mass is 998 g/mol. The first-order chi connectivity index (χ1) is 33.4. The van der Waals surface area contributed by atoms with E-state index >= 15 is 0 Å². The van der Waals surface area contributed by atoms with Gasteiger partial charge in [0.15, 0.2) is 6.29 Å². The molecular weight excluding hydrogens is 899 g/mol. The van der Waals surface area contributed by atoms with Gasteiger partial charge in [0.05, 0.1) is 25.4 Å². The van der Waals surface area contributed by atoms with Crippen LogP contribution < -0.4 is 5.32 Å². The minimum Gasteiger partial charge on any atom is -0.394 e. The molecule has 1 aliphatic heterocycles. The van der Waals surface area contributed by atoms with E-state index in [-0.39, 0.29) is 6.42 Å². The van der Waals surface area contributed by atoms with Crippen molar-refractivity contribution < 1.29 is 57.0 Å². The number of ether oxygens (including phenoxy) is 2. The summed E-state index contributed by atoms with van der Waals surface area (Å²) in [5.74, 6) is -0.717. The molecule has 0 spiro atoms. The molecule has 0 aromatic carbocycles. The van der Waals surface area contributed by atoms with E-state index in [1.54, 1.807) is 6.08 Å². The van der Waals surface area contributed by atoms with Gasteiger partial charge in [-0.1, -0.05) is 209 Å². The molecule has 1 amide bonds. The third kappa shape index (κ3) is 36.3. The second-order valence-electron chi connectivity index (χ2n) is 18.9. The summed E-state index contributed by atoms with van der Waals surface area (Å²) in [6.07, 6.45) is 45.8. The van der Waals surface area contributed by atoms with Crippen molar-refractivity contribution in [1.82, 2.24) is 5.32 Å². The van der Waals surface area contributed by atoms with E-state index in [9.17, 15) is 43.3 Å². The Hall–Kier alpha value is -2.24. The zero-order valence-electron chi connectivity index (χ0n) is 43.0. The van der Waals surface area contributed by atoms with Crippen molar-refractivity contribution in [3.8, 4) is 0 Å². The summed E-state index contributed by atoms with van der Waals surface area (Å²) in [6.45, 7) is 3.12. The van der Waals surface area contributed by atoms with Crippen LogP contribution in [0.3, 0.4) is 0 Å². The van der Waals surface area contributed by atoms with Crippen LogP contribution >= 0.6 is 0 Å². The number of carbonyl (C=O) groups excluding carboxylic acids is 1. The van der Waals surface area contributed by atoms with Gasteiger partial charge in [0.2, 0.25) is 5.91 Å². The summed E-state index contributed by atoms with van der Waals surface area (Å²) in [4.78, 5) is 13.2. The lowest BCUT2D eigenvalue weighted by Crippen LogP contribution is -2.61. The number of aliphatic hydroxyl groups excluding tert-OH is 5. The molecule has 8 unspecified atom stereocenters. The van der Waals surface area contributed by atoms with Gasteiger partial charge in [-0.15, -0.1) is 0 Å². The van der Waals surface area contributed by atoms with Crippen LogP contribution in [0.4, 0.5) is 0 Å². The van der Waals surface area contributed by atoms with Gasteiger partial charge in [0.1, 0.15) is 30.5 Å². The minimum absolute atomic E-state index is 0.231. The average molecular weight is 998 g/mol. The number of allylic oxidation sites excluding steroid dienone is 9. The van der Waals surface area contributed by atoms with Crippen LogP contribution in [0.25, 0.3) is 0 Å². The summed E-state index contributed by atoms with van der Waals surface area (Å²) >= 11 is 0. The summed E-state index contributed by atoms with van der Waals surface area (Å²) < 4.78 is 47.7. The third-order valence-electron chi connectivity index (χ3n) is 12.6. The van der Waals surface area contributed by atoms with Crippen LogP contribution in [-0.4, -0.2) is 107 Å². The van der Waals surface area contributed by atoms with Crippen molar-refractivity contribution in [2.75, 3.05) is 13.2 Å². The molecule has 13 nitrogen and oxygen atoms in total. The molecule has 1 saturated heterocycles. The van der Waals surface area contributed by atoms with E-state index in [2.05, 4.69) is 72.0 Å². The molecule has 1 rings (SSSR count). The molecule has 0 aliphatic carbocycles. The van der Waals surface area contributed by atoms with Crippen molar-refractivity contribution in [2.45, 2.75) is 268 Å². The average Bonchev–Trinajstić information content (AvgIpc) is 3.32. The maximum Gasteiger partial charge on any atom is 0.397 e. The van der Waals surface area contributed by atoms with Crippen molar-refractivity contribution >= 4 is 16.3 Å². The normalized spacial score (nSPS) is 20.6. The maximum absolute atomic E-state index is 13.2. The quantitative estimate of drug-likeness (QED) is 0.0172. The Balaban J connectivity index is 2.51. The van der Waals surface area contributed by atoms with Gasteiger partial charge in [-0.3, -0.25) is 9.35 Å². The largest absolute Gasteiger partial charge is 0.397 e. The van der Waals surface area contributed by atoms with E-state index in [1.807, 2.05) is 0 Å². The van der Waals surface area contributed by atoms with Crippen LogP contribution in [0.1, 0.15) is 219 Å². The Morgan fingerprint density at radius 1 is 0.609 bits per heavy atom. The molecule has 0 bridgehead atoms. The predicted octanol–water partition coefficient (Wildman–Crippen LogP) is 11.1. The Morgan fingerprint density at radius 3 is 1.55 bits per heavy atom. The number of nitrogens with one attached hydrogen (secondary N) is 1. The molecule has 69 heavy (non-hydrogen) atoms. The van der Waals surface area contributed by atoms with Crippen molar-refractivity contribution in [2.24, 2.45) is 0 Å². The third-order valence-corrected chi connectivity index (χ3v) is 13.1. The first-order valence-electron chi connectivity index (χ1n) is 27.3. The molecule has 0 radical (unpaired) electrons. The van der Waals surface area contributed by atoms with Crippen molar-refractivity contribution in [3.63, 3.8) is 0 Å². The topological polar surface area (TPSA) is 212 Å². The van der Waals surface area contributed by atoms with Crippen molar-refractivity contribution in [1.29, 1.82) is 0 Å². The first kappa shape index (κ1) is 64.8. The highest BCUT2D eigenvalue weighted by molar-refractivity contribution is 7.80. The molecule has 1 aliphatic rings. The number of unbranched alkanes of at least 4 members (excludes halogenated alkanes) is 25. The molecule has 0 aromatic rings. The van der Waals surface area contributed by atoms with Crippen LogP contribution in [-0.2, 0) is 28.9 Å². The molecule has 1 fully saturated rings. The van der Waals surface area contributed by atoms with Crippen LogP contribution in [0.5, 0.6) is 0 Å². The summed E-state index contributed by atoms with van der Waals surface area (Å²) in [5.41, 5.74) is 0. The van der Waals surface area contributed by atoms with E-state index in [0.717, 1.165) is 57.8 Å². The number of hydrogen-bond acceptors (Lipinski definition) is 11. The van der Waals surface area contributed by atoms with Gasteiger partial charge in [0, 0.05) is 0 Å². The molecule has 7 N–H and O–H groups in total. The molecule has 8 atom stereocenters. The fraction of sp³-hybridized carbons (Fsp3) is 0.800. The summed E-state index contributed by atoms with van der Waals surface area (Å²) in [7, 11) is -5.13. The zero-order chi connectivity index (χ0) is 50.6. The Kier molecular flexibility index (Phi) is 41.7. The number of aliphatic hydroxyl groups is 5. The Morgan fingerprint density at radius 2 is 1.06 bits per heavy atom. The highest BCUT2D eigenvalue weighted by atomic mass is 32.3. The zero-order valence-corrected chi connectivity index (χ0v) is 43.8. The van der Waals surface area contributed by atoms with Gasteiger partial charge in [-0.05, 0) is 70.6 Å². The fourth-order valence-corrected chi connectivity index (χ4v) is 8.86. The van der Waals surface area contributed by atoms with Crippen LogP contribution in [0, 0.1) is 0 Å². The lowest BCUT2D eigenvalue weighted by molar-refractivity contribution is -0.298. The second-order valence-corrected chi connectivity index (χ2v) is 20.0. The number of carbonyl (C=O) groups is 1. The molecule has 14 heteroatoms. The van der Waals surface area contributed by atoms with E-state index in [4.69, 9.17) is 9.47 Å². The van der Waals surface area contributed by atoms with Gasteiger partial charge in [0.25, 0.3) is 0 Å². The highest BCUT2D eigenvalue weighted by Crippen LogP contribution is 2.26. The smallest absolute Gasteiger partial charge is 0.394 e. The molecule has 1 heterocycles. The van der Waals surface area contributed by atoms with Gasteiger partial charge in [-0.2, -0.15) is 8.42 Å². The van der Waals surface area contributed by atoms with Crippen molar-refractivity contribution in [3.05, 3.63) is 60.8 Å². The van der Waals surface area contributed by atoms with Gasteiger partial charge in [-0.25, -0.2) is 4.18 Å². The highest BCUT2D eigenvalue weighted by Gasteiger charge is 2.48. The van der Waals surface area contributed by atoms with E-state index in [0.29, 0.717) is 12.8 Å². The van der Waals surface area contributed by atoms with E-state index in [1.165, 1.54) is 134 Å². The van der Waals surface area contributed by atoms with Gasteiger partial charge >= 0.3 is 10.4 Å². The number of rotatable bonds is 46. The number of hydrogen-bond donors (Lipinski definition) is 7. The van der Waals surface area contributed by atoms with E-state index < -0.39 is 78.5 Å². The second kappa shape index (κ2) is 44.5. The molecule has 0 aromatic heterocycles. The van der Waals surface area contributed by atoms with Crippen LogP contribution in [0.2, 0.25) is 0 Å². The standard InChI is InChI=1S/C55H99NO12S/c1-3-5-7-9-11-13-15-17-19-21-23-25-27-29-31-33-35-37-39-41-43-48(58)47(46-66-55-52(61)53(68-69(63,64)65)51(60)50(45-57)67-55)56-54(62)49(59)44-42-40-38-36-34-32-30-28-26-24-22-20-18-16-14-12-10-8-6-4-2/h6,8,12,14,25,27,33,35,41,43,47-53,55,57-61H,3-5,7,9-11,13,15-24,26,28-32,34,36-40,42,44-46H2,1-2H3,(H,56,62)(H,63,64,65)/b8-6-,14-12-,27-25+,35-33+,43-41+. The maximum atomic E-state index is 13.2. The van der Waals surface area contributed by atoms with Gasteiger partial charge < -0.3 is 40.3 Å². The lowest BCUT2D eigenvalue weighted by Gasteiger charge is -2.41. The summed E-state index contributed by atoms with van der Waals surface area (Å²) in [6, 6.07) is -1.15. The fourth-order valence-electron chi connectivity index (χ4n) is 8.35. The summed E-state index contributed by atoms with van der Waals surface area (Å²) in [5, 5.41) is 55.4. The SMILES string of the molecule is CC/C=C\C/C=C\CCCCCCCCCCCCCCCC(O)C(=O)NC(COC1OC(CO)C(O)C(OS(=O)(=O)O)C1O)C(O)/C=C/CC/C=C/CC/C=C/CCCCCCCCCCCC. The lowest BCUT2D eigenvalue weighted by atomic mass is 9.99. The number of amides is 1. The Bertz CT molecular complexity index is 1470. The van der Waals surface area contributed by atoms with Crippen LogP contribution in [0.15, 0.2) is 60.8 Å². The Labute approximate surface area is 419 Å². The molecule has 402 valence electrons. The predicted molar refractivity (Wildman–Crippen MR) is 279 cm³/mol. The molecular formula is C55H99NO12S. The first-order valence-corrected chi connectivity index (χ1v) is 28.6. The minimum atomic E-state index is -5.13.